The van der Waals surface area contributed by atoms with Crippen molar-refractivity contribution in [1.29, 1.82) is 0 Å². The molecule has 0 spiro atoms. The molecule has 1 fully saturated rings. The predicted octanol–water partition coefficient (Wildman–Crippen LogP) is 2.52. The van der Waals surface area contributed by atoms with Gasteiger partial charge >= 0.3 is 0 Å². The zero-order chi connectivity index (χ0) is 12.6. The van der Waals surface area contributed by atoms with Gasteiger partial charge in [-0.05, 0) is 68.7 Å². The van der Waals surface area contributed by atoms with E-state index in [1.165, 1.54) is 43.2 Å². The molecule has 2 nitrogen and oxygen atoms in total. The van der Waals surface area contributed by atoms with E-state index in [9.17, 15) is 5.11 Å². The molecule has 0 saturated carbocycles. The van der Waals surface area contributed by atoms with E-state index in [0.717, 1.165) is 18.5 Å². The highest BCUT2D eigenvalue weighted by molar-refractivity contribution is 5.37. The van der Waals surface area contributed by atoms with Gasteiger partial charge in [-0.15, -0.1) is 0 Å². The molecule has 0 amide bonds. The van der Waals surface area contributed by atoms with Gasteiger partial charge in [0.15, 0.2) is 0 Å². The minimum Gasteiger partial charge on any atom is -0.384 e. The minimum atomic E-state index is -0.733. The van der Waals surface area contributed by atoms with E-state index in [0.29, 0.717) is 0 Å². The maximum absolute atomic E-state index is 10.8. The van der Waals surface area contributed by atoms with Crippen LogP contribution in [0, 0.1) is 0 Å². The number of aliphatic hydroxyl groups is 1. The summed E-state index contributed by atoms with van der Waals surface area (Å²) in [5, 5.41) is 14.3. The quantitative estimate of drug-likeness (QED) is 0.839. The summed E-state index contributed by atoms with van der Waals surface area (Å²) in [7, 11) is 0. The number of benzene rings is 1. The van der Waals surface area contributed by atoms with Crippen LogP contribution < -0.4 is 5.32 Å². The molecule has 1 aromatic rings. The highest BCUT2D eigenvalue weighted by Gasteiger charge is 2.35. The van der Waals surface area contributed by atoms with Gasteiger partial charge in [-0.3, -0.25) is 0 Å². The molecule has 98 valence electrons. The highest BCUT2D eigenvalue weighted by Crippen LogP contribution is 2.32. The third-order valence-corrected chi connectivity index (χ3v) is 4.67. The summed E-state index contributed by atoms with van der Waals surface area (Å²) in [5.41, 5.74) is 3.29. The lowest BCUT2D eigenvalue weighted by molar-refractivity contribution is 0.0217. The molecule has 1 aromatic carbocycles. The zero-order valence-corrected chi connectivity index (χ0v) is 11.2. The van der Waals surface area contributed by atoms with Gasteiger partial charge in [0, 0.05) is 6.04 Å². The number of fused-ring (bicyclic) bond motifs is 1. The Labute approximate surface area is 109 Å². The van der Waals surface area contributed by atoms with Gasteiger partial charge in [0.25, 0.3) is 0 Å². The van der Waals surface area contributed by atoms with Crippen molar-refractivity contribution in [3.05, 3.63) is 34.9 Å². The van der Waals surface area contributed by atoms with Crippen LogP contribution in [0.4, 0.5) is 0 Å². The van der Waals surface area contributed by atoms with Crippen molar-refractivity contribution in [2.24, 2.45) is 0 Å². The van der Waals surface area contributed by atoms with E-state index in [2.05, 4.69) is 23.5 Å². The third-order valence-electron chi connectivity index (χ3n) is 4.67. The van der Waals surface area contributed by atoms with Crippen LogP contribution in [0.25, 0.3) is 0 Å². The van der Waals surface area contributed by atoms with Crippen molar-refractivity contribution in [1.82, 2.24) is 5.32 Å². The Hall–Kier alpha value is -0.860. The van der Waals surface area contributed by atoms with Gasteiger partial charge in [-0.2, -0.15) is 0 Å². The van der Waals surface area contributed by atoms with E-state index < -0.39 is 5.60 Å². The molecule has 2 atom stereocenters. The number of aryl methyl sites for hydroxylation is 2. The Balaban J connectivity index is 1.91. The smallest absolute Gasteiger partial charge is 0.102 e. The molecule has 0 radical (unpaired) electrons. The monoisotopic (exact) mass is 245 g/mol. The Kier molecular flexibility index (Phi) is 3.16. The number of hydrogen-bond acceptors (Lipinski definition) is 2. The summed E-state index contributed by atoms with van der Waals surface area (Å²) in [5.74, 6) is 0. The second-order valence-corrected chi connectivity index (χ2v) is 5.99. The molecule has 3 rings (SSSR count). The first kappa shape index (κ1) is 12.2. The second kappa shape index (κ2) is 4.67. The van der Waals surface area contributed by atoms with E-state index in [1.807, 2.05) is 6.92 Å². The van der Waals surface area contributed by atoms with E-state index in [4.69, 9.17) is 0 Å². The molecule has 2 unspecified atom stereocenters. The van der Waals surface area contributed by atoms with Crippen molar-refractivity contribution in [2.45, 2.75) is 57.1 Å². The SMILES string of the molecule is CC(O)(c1ccc2c(c1)CCCC2)C1CCCN1. The molecule has 18 heavy (non-hydrogen) atoms. The number of nitrogens with one attached hydrogen (secondary N) is 1. The minimum absolute atomic E-state index is 0.208. The van der Waals surface area contributed by atoms with Crippen LogP contribution in [-0.2, 0) is 18.4 Å². The van der Waals surface area contributed by atoms with E-state index in [1.54, 1.807) is 0 Å². The molecule has 1 aliphatic carbocycles. The van der Waals surface area contributed by atoms with Crippen LogP contribution >= 0.6 is 0 Å². The third kappa shape index (κ3) is 2.08. The molecular weight excluding hydrogens is 222 g/mol. The maximum atomic E-state index is 10.8. The summed E-state index contributed by atoms with van der Waals surface area (Å²) in [6, 6.07) is 6.81. The topological polar surface area (TPSA) is 32.3 Å². The van der Waals surface area contributed by atoms with Crippen LogP contribution in [0.3, 0.4) is 0 Å². The van der Waals surface area contributed by atoms with Gasteiger partial charge in [0.05, 0.1) is 0 Å². The van der Waals surface area contributed by atoms with Crippen molar-refractivity contribution < 1.29 is 5.11 Å². The van der Waals surface area contributed by atoms with Gasteiger partial charge in [-0.1, -0.05) is 18.2 Å². The summed E-state index contributed by atoms with van der Waals surface area (Å²) in [4.78, 5) is 0. The largest absolute Gasteiger partial charge is 0.384 e. The first-order valence-electron chi connectivity index (χ1n) is 7.26. The zero-order valence-electron chi connectivity index (χ0n) is 11.2. The molecule has 2 aliphatic rings. The summed E-state index contributed by atoms with van der Waals surface area (Å²) >= 11 is 0. The lowest BCUT2D eigenvalue weighted by Gasteiger charge is -2.32. The Morgan fingerprint density at radius 1 is 1.17 bits per heavy atom. The lowest BCUT2D eigenvalue weighted by Crippen LogP contribution is -2.43. The summed E-state index contributed by atoms with van der Waals surface area (Å²) in [6.45, 7) is 2.99. The highest BCUT2D eigenvalue weighted by atomic mass is 16.3. The Bertz CT molecular complexity index is 433. The molecule has 1 heterocycles. The average molecular weight is 245 g/mol. The van der Waals surface area contributed by atoms with E-state index >= 15 is 0 Å². The van der Waals surface area contributed by atoms with Crippen molar-refractivity contribution in [2.75, 3.05) is 6.54 Å². The molecule has 1 saturated heterocycles. The van der Waals surface area contributed by atoms with Crippen molar-refractivity contribution in [3.8, 4) is 0 Å². The Morgan fingerprint density at radius 3 is 2.67 bits per heavy atom. The first-order chi connectivity index (χ1) is 8.68. The van der Waals surface area contributed by atoms with Gasteiger partial charge in [0.1, 0.15) is 5.60 Å². The van der Waals surface area contributed by atoms with Crippen LogP contribution in [-0.4, -0.2) is 17.7 Å². The fourth-order valence-corrected chi connectivity index (χ4v) is 3.41. The summed E-state index contributed by atoms with van der Waals surface area (Å²) < 4.78 is 0. The number of hydrogen-bond donors (Lipinski definition) is 2. The molecule has 0 aromatic heterocycles. The molecular formula is C16H23NO. The molecule has 0 bridgehead atoms. The van der Waals surface area contributed by atoms with Crippen LogP contribution in [0.2, 0.25) is 0 Å². The first-order valence-corrected chi connectivity index (χ1v) is 7.26. The lowest BCUT2D eigenvalue weighted by atomic mass is 9.83. The standard InChI is InChI=1S/C16H23NO/c1-16(18,15-7-4-10-17-15)14-9-8-12-5-2-3-6-13(12)11-14/h8-9,11,15,17-18H,2-7,10H2,1H3. The van der Waals surface area contributed by atoms with Crippen molar-refractivity contribution >= 4 is 0 Å². The maximum Gasteiger partial charge on any atom is 0.102 e. The van der Waals surface area contributed by atoms with Gasteiger partial charge in [0.2, 0.25) is 0 Å². The normalized spacial score (nSPS) is 26.7. The van der Waals surface area contributed by atoms with E-state index in [-0.39, 0.29) is 6.04 Å². The van der Waals surface area contributed by atoms with Gasteiger partial charge in [-0.25, -0.2) is 0 Å². The molecule has 1 aliphatic heterocycles. The average Bonchev–Trinajstić information content (AvgIpc) is 2.92. The summed E-state index contributed by atoms with van der Waals surface area (Å²) in [6.07, 6.45) is 7.24. The Morgan fingerprint density at radius 2 is 1.94 bits per heavy atom. The van der Waals surface area contributed by atoms with Crippen LogP contribution in [0.5, 0.6) is 0 Å². The fraction of sp³-hybridized carbons (Fsp3) is 0.625. The van der Waals surface area contributed by atoms with Crippen molar-refractivity contribution in [3.63, 3.8) is 0 Å². The van der Waals surface area contributed by atoms with Crippen LogP contribution in [0.1, 0.15) is 49.3 Å². The molecule has 2 N–H and O–H groups in total. The predicted molar refractivity (Wildman–Crippen MR) is 73.7 cm³/mol. The molecule has 2 heteroatoms. The fourth-order valence-electron chi connectivity index (χ4n) is 3.41. The number of rotatable bonds is 2. The van der Waals surface area contributed by atoms with Gasteiger partial charge < -0.3 is 10.4 Å². The second-order valence-electron chi connectivity index (χ2n) is 5.99. The van der Waals surface area contributed by atoms with Crippen LogP contribution in [0.15, 0.2) is 18.2 Å².